The lowest BCUT2D eigenvalue weighted by Gasteiger charge is -2.19. The van der Waals surface area contributed by atoms with Crippen molar-refractivity contribution in [1.82, 2.24) is 5.32 Å². The van der Waals surface area contributed by atoms with Gasteiger partial charge in [-0.25, -0.2) is 0 Å². The first-order valence-corrected chi connectivity index (χ1v) is 10.4. The van der Waals surface area contributed by atoms with Crippen molar-refractivity contribution >= 4 is 23.7 Å². The molecule has 134 valence electrons. The van der Waals surface area contributed by atoms with E-state index in [0.717, 1.165) is 30.0 Å². The van der Waals surface area contributed by atoms with E-state index in [1.807, 2.05) is 11.8 Å². The fourth-order valence-corrected chi connectivity index (χ4v) is 5.24. The van der Waals surface area contributed by atoms with E-state index in [0.29, 0.717) is 0 Å². The number of amidine groups is 1. The molecule has 0 saturated heterocycles. The molecule has 1 heterocycles. The van der Waals surface area contributed by atoms with Crippen molar-refractivity contribution in [2.75, 3.05) is 6.54 Å². The van der Waals surface area contributed by atoms with Crippen LogP contribution in [-0.2, 0) is 5.75 Å². The van der Waals surface area contributed by atoms with Crippen LogP contribution in [-0.4, -0.2) is 17.9 Å². The molecule has 0 amide bonds. The predicted molar refractivity (Wildman–Crippen MR) is 113 cm³/mol. The Labute approximate surface area is 161 Å². The Hall–Kier alpha value is -2.00. The van der Waals surface area contributed by atoms with E-state index in [4.69, 9.17) is 4.99 Å². The van der Waals surface area contributed by atoms with E-state index in [1.165, 1.54) is 28.0 Å². The summed E-state index contributed by atoms with van der Waals surface area (Å²) in [6, 6.07) is 15.5. The van der Waals surface area contributed by atoms with Gasteiger partial charge in [-0.3, -0.25) is 4.99 Å². The van der Waals surface area contributed by atoms with Gasteiger partial charge in [0.15, 0.2) is 0 Å². The topological polar surface area (TPSA) is 24.4 Å². The minimum absolute atomic E-state index is 0. The molecule has 2 nitrogen and oxygen atoms in total. The summed E-state index contributed by atoms with van der Waals surface area (Å²) in [5.74, 6) is 3.58. The van der Waals surface area contributed by atoms with Gasteiger partial charge in [0, 0.05) is 17.6 Å². The van der Waals surface area contributed by atoms with Crippen LogP contribution in [0.1, 0.15) is 49.9 Å². The van der Waals surface area contributed by atoms with E-state index < -0.39 is 0 Å². The molecule has 0 radical (unpaired) electrons. The minimum Gasteiger partial charge on any atom is -0.363 e. The first-order valence-electron chi connectivity index (χ1n) is 9.45. The van der Waals surface area contributed by atoms with Crippen LogP contribution in [0.25, 0.3) is 6.08 Å². The molecule has 2 aromatic carbocycles. The van der Waals surface area contributed by atoms with Crippen LogP contribution in [0.4, 0.5) is 0 Å². The van der Waals surface area contributed by atoms with Gasteiger partial charge >= 0.3 is 0 Å². The van der Waals surface area contributed by atoms with Gasteiger partial charge in [-0.1, -0.05) is 48.6 Å². The standard InChI is InChI=1S/C23H24N2S.H2/c1-23(2)14-24-22(25-23)18-8-4-3-6-17(18)13-26-20-9-5-7-15-10-11-16-12-19(16)21(15)20;/h3-11,16,19H,12-14H2,1-2H3,(H,24,25);1H. The Morgan fingerprint density at radius 2 is 2.08 bits per heavy atom. The van der Waals surface area contributed by atoms with Crippen molar-refractivity contribution in [3.8, 4) is 0 Å². The summed E-state index contributed by atoms with van der Waals surface area (Å²) < 4.78 is 0. The lowest BCUT2D eigenvalue weighted by molar-refractivity contribution is 0.506. The summed E-state index contributed by atoms with van der Waals surface area (Å²) in [5, 5.41) is 3.58. The summed E-state index contributed by atoms with van der Waals surface area (Å²) in [6.07, 6.45) is 6.04. The van der Waals surface area contributed by atoms with Crippen molar-refractivity contribution in [1.29, 1.82) is 0 Å². The maximum Gasteiger partial charge on any atom is 0.129 e. The maximum absolute atomic E-state index is 4.75. The zero-order valence-electron chi connectivity index (χ0n) is 15.3. The summed E-state index contributed by atoms with van der Waals surface area (Å²) in [6.45, 7) is 5.25. The van der Waals surface area contributed by atoms with Gasteiger partial charge in [-0.2, -0.15) is 0 Å². The number of hydrogen-bond donors (Lipinski definition) is 1. The SMILES string of the molecule is CC1(C)CN=C(c2ccccc2CSc2cccc3c2C2CC2C=C3)N1.[HH]. The number of nitrogens with one attached hydrogen (secondary N) is 1. The molecule has 26 heavy (non-hydrogen) atoms. The van der Waals surface area contributed by atoms with Crippen molar-refractivity contribution < 1.29 is 1.43 Å². The molecule has 3 aliphatic rings. The maximum atomic E-state index is 4.75. The molecule has 0 spiro atoms. The van der Waals surface area contributed by atoms with Crippen LogP contribution in [0.15, 0.2) is 58.4 Å². The zero-order valence-corrected chi connectivity index (χ0v) is 16.1. The highest BCUT2D eigenvalue weighted by atomic mass is 32.2. The van der Waals surface area contributed by atoms with Crippen LogP contribution >= 0.6 is 11.8 Å². The van der Waals surface area contributed by atoms with E-state index >= 15 is 0 Å². The predicted octanol–water partition coefficient (Wildman–Crippen LogP) is 5.48. The lowest BCUT2D eigenvalue weighted by atomic mass is 9.97. The summed E-state index contributed by atoms with van der Waals surface area (Å²) in [5.41, 5.74) is 5.67. The fraction of sp³-hybridized carbons (Fsp3) is 0.348. The molecule has 1 N–H and O–H groups in total. The number of aliphatic imine (C=N–C) groups is 1. The van der Waals surface area contributed by atoms with Crippen molar-refractivity contribution in [2.45, 2.75) is 42.4 Å². The molecule has 5 rings (SSSR count). The highest BCUT2D eigenvalue weighted by Gasteiger charge is 2.40. The Balaban J connectivity index is 0.00000180. The first-order chi connectivity index (χ1) is 12.6. The number of thioether (sulfide) groups is 1. The largest absolute Gasteiger partial charge is 0.363 e. The van der Waals surface area contributed by atoms with Gasteiger partial charge < -0.3 is 5.32 Å². The average Bonchev–Trinajstić information content (AvgIpc) is 3.35. The number of hydrogen-bond acceptors (Lipinski definition) is 3. The fourth-order valence-electron chi connectivity index (χ4n) is 4.08. The van der Waals surface area contributed by atoms with E-state index in [2.05, 4.69) is 73.8 Å². The minimum atomic E-state index is 0. The van der Waals surface area contributed by atoms with Crippen LogP contribution in [0.3, 0.4) is 0 Å². The van der Waals surface area contributed by atoms with Crippen molar-refractivity contribution in [2.24, 2.45) is 10.9 Å². The molecule has 1 saturated carbocycles. The number of allylic oxidation sites excluding steroid dienone is 1. The molecule has 2 unspecified atom stereocenters. The summed E-state index contributed by atoms with van der Waals surface area (Å²) >= 11 is 1.97. The second-order valence-corrected chi connectivity index (χ2v) is 9.26. The second kappa shape index (κ2) is 6.02. The third-order valence-corrected chi connectivity index (χ3v) is 6.70. The van der Waals surface area contributed by atoms with Gasteiger partial charge in [0.25, 0.3) is 0 Å². The monoisotopic (exact) mass is 362 g/mol. The number of nitrogens with zero attached hydrogens (tertiary/aromatic N) is 1. The Kier molecular flexibility index (Phi) is 3.75. The molecular weight excluding hydrogens is 336 g/mol. The molecule has 3 heteroatoms. The second-order valence-electron chi connectivity index (χ2n) is 8.24. The van der Waals surface area contributed by atoms with Gasteiger partial charge in [0.2, 0.25) is 0 Å². The van der Waals surface area contributed by atoms with Crippen LogP contribution in [0.2, 0.25) is 0 Å². The van der Waals surface area contributed by atoms with Crippen molar-refractivity contribution in [3.63, 3.8) is 0 Å². The van der Waals surface area contributed by atoms with Crippen LogP contribution < -0.4 is 5.32 Å². The molecule has 2 aliphatic carbocycles. The number of benzene rings is 2. The van der Waals surface area contributed by atoms with Gasteiger partial charge in [0.05, 0.1) is 12.1 Å². The average molecular weight is 363 g/mol. The van der Waals surface area contributed by atoms with Crippen molar-refractivity contribution in [3.05, 3.63) is 70.8 Å². The molecule has 1 fully saturated rings. The van der Waals surface area contributed by atoms with Gasteiger partial charge in [-0.15, -0.1) is 11.8 Å². The van der Waals surface area contributed by atoms with Crippen LogP contribution in [0, 0.1) is 5.92 Å². The Morgan fingerprint density at radius 3 is 2.92 bits per heavy atom. The van der Waals surface area contributed by atoms with E-state index in [-0.39, 0.29) is 6.97 Å². The molecule has 2 atom stereocenters. The third kappa shape index (κ3) is 2.88. The lowest BCUT2D eigenvalue weighted by Crippen LogP contribution is -2.40. The third-order valence-electron chi connectivity index (χ3n) is 5.58. The summed E-state index contributed by atoms with van der Waals surface area (Å²) in [4.78, 5) is 6.20. The normalized spacial score (nSPS) is 24.5. The van der Waals surface area contributed by atoms with E-state index in [1.54, 1.807) is 5.56 Å². The molecule has 1 aliphatic heterocycles. The first kappa shape index (κ1) is 16.2. The zero-order chi connectivity index (χ0) is 17.7. The number of fused-ring (bicyclic) bond motifs is 3. The van der Waals surface area contributed by atoms with Gasteiger partial charge in [0.1, 0.15) is 5.84 Å². The molecule has 2 aromatic rings. The highest BCUT2D eigenvalue weighted by Crippen LogP contribution is 2.55. The molecular formula is C23H26N2S. The Bertz CT molecular complexity index is 932. The molecule has 0 bridgehead atoms. The Morgan fingerprint density at radius 1 is 1.19 bits per heavy atom. The van der Waals surface area contributed by atoms with E-state index in [9.17, 15) is 0 Å². The number of rotatable bonds is 4. The smallest absolute Gasteiger partial charge is 0.129 e. The van der Waals surface area contributed by atoms with Crippen LogP contribution in [0.5, 0.6) is 0 Å². The quantitative estimate of drug-likeness (QED) is 0.728. The molecule has 0 aromatic heterocycles. The summed E-state index contributed by atoms with van der Waals surface area (Å²) in [7, 11) is 0. The highest BCUT2D eigenvalue weighted by molar-refractivity contribution is 7.98. The van der Waals surface area contributed by atoms with Gasteiger partial charge in [-0.05, 0) is 54.9 Å².